The van der Waals surface area contributed by atoms with Crippen LogP contribution >= 0.6 is 11.8 Å². The lowest BCUT2D eigenvalue weighted by Crippen LogP contribution is -2.03. The molecule has 0 saturated carbocycles. The highest BCUT2D eigenvalue weighted by molar-refractivity contribution is 7.99. The van der Waals surface area contributed by atoms with E-state index >= 15 is 0 Å². The van der Waals surface area contributed by atoms with E-state index in [0.717, 1.165) is 34.7 Å². The monoisotopic (exact) mass is 301 g/mol. The van der Waals surface area contributed by atoms with Gasteiger partial charge in [-0.1, -0.05) is 6.42 Å². The molecule has 0 aliphatic carbocycles. The Balaban J connectivity index is 1.75. The van der Waals surface area contributed by atoms with Crippen molar-refractivity contribution < 1.29 is 0 Å². The molecule has 0 saturated heterocycles. The van der Waals surface area contributed by atoms with Crippen molar-refractivity contribution in [1.29, 1.82) is 0 Å². The van der Waals surface area contributed by atoms with Crippen LogP contribution in [0.5, 0.6) is 0 Å². The Bertz CT molecular complexity index is 791. The molecule has 0 radical (unpaired) electrons. The molecule has 0 bridgehead atoms. The van der Waals surface area contributed by atoms with E-state index in [1.165, 1.54) is 25.6 Å². The topological polar surface area (TPSA) is 73.8 Å². The van der Waals surface area contributed by atoms with Crippen LogP contribution in [0.4, 0.5) is 0 Å². The van der Waals surface area contributed by atoms with Gasteiger partial charge in [-0.05, 0) is 37.6 Å². The number of nitrogens with zero attached hydrogens (tertiary/aromatic N) is 7. The largest absolute Gasteiger partial charge is 0.306 e. The van der Waals surface area contributed by atoms with E-state index in [1.807, 2.05) is 13.0 Å². The molecule has 1 aliphatic rings. The summed E-state index contributed by atoms with van der Waals surface area (Å²) in [6.45, 7) is 2.96. The summed E-state index contributed by atoms with van der Waals surface area (Å²) < 4.78 is 3.98. The summed E-state index contributed by atoms with van der Waals surface area (Å²) in [5, 5.41) is 14.8. The summed E-state index contributed by atoms with van der Waals surface area (Å²) in [6.07, 6.45) is 6.18. The first-order valence-electron chi connectivity index (χ1n) is 7.08. The smallest absolute Gasteiger partial charge is 0.253 e. The normalized spacial score (nSPS) is 15.1. The predicted octanol–water partition coefficient (Wildman–Crippen LogP) is 1.90. The van der Waals surface area contributed by atoms with Crippen molar-refractivity contribution >= 4 is 17.5 Å². The summed E-state index contributed by atoms with van der Waals surface area (Å²) >= 11 is 1.58. The van der Waals surface area contributed by atoms with E-state index in [1.54, 1.807) is 16.3 Å². The van der Waals surface area contributed by atoms with Crippen LogP contribution in [-0.2, 0) is 13.0 Å². The Morgan fingerprint density at radius 2 is 2.14 bits per heavy atom. The highest BCUT2D eigenvalue weighted by Gasteiger charge is 2.17. The molecule has 8 heteroatoms. The minimum absolute atomic E-state index is 0.619. The van der Waals surface area contributed by atoms with Crippen LogP contribution in [0.2, 0.25) is 0 Å². The second kappa shape index (κ2) is 5.10. The van der Waals surface area contributed by atoms with Gasteiger partial charge in [0.05, 0.1) is 0 Å². The summed E-state index contributed by atoms with van der Waals surface area (Å²) in [6, 6.07) is 2.00. The first-order valence-corrected chi connectivity index (χ1v) is 7.90. The SMILES string of the molecule is Cc1cc(Sc2nnc3n2CCCCC3)n2ncnc2n1. The Morgan fingerprint density at radius 1 is 1.19 bits per heavy atom. The molecule has 1 aliphatic heterocycles. The number of aryl methyl sites for hydroxylation is 2. The summed E-state index contributed by atoms with van der Waals surface area (Å²) in [5.41, 5.74) is 0.925. The van der Waals surface area contributed by atoms with Gasteiger partial charge in [-0.15, -0.1) is 10.2 Å². The third-order valence-corrected chi connectivity index (χ3v) is 4.60. The maximum absolute atomic E-state index is 4.36. The summed E-state index contributed by atoms with van der Waals surface area (Å²) in [7, 11) is 0. The van der Waals surface area contributed by atoms with Crippen LogP contribution in [0.15, 0.2) is 22.6 Å². The Kier molecular flexibility index (Phi) is 3.10. The van der Waals surface area contributed by atoms with Crippen LogP contribution in [0.1, 0.15) is 30.8 Å². The lowest BCUT2D eigenvalue weighted by molar-refractivity contribution is 0.590. The average molecular weight is 301 g/mol. The number of fused-ring (bicyclic) bond motifs is 2. The molecule has 3 aromatic rings. The number of rotatable bonds is 2. The van der Waals surface area contributed by atoms with E-state index in [9.17, 15) is 0 Å². The highest BCUT2D eigenvalue weighted by atomic mass is 32.2. The van der Waals surface area contributed by atoms with Gasteiger partial charge in [0.15, 0.2) is 5.16 Å². The van der Waals surface area contributed by atoms with Gasteiger partial charge in [0.1, 0.15) is 17.2 Å². The Hall–Kier alpha value is -1.96. The van der Waals surface area contributed by atoms with Crippen molar-refractivity contribution in [1.82, 2.24) is 34.3 Å². The molecular weight excluding hydrogens is 286 g/mol. The fourth-order valence-electron chi connectivity index (χ4n) is 2.60. The standard InChI is InChI=1S/C13H15N7S/c1-9-7-11(20-12(16-9)14-8-15-20)21-13-18-17-10-5-3-2-4-6-19(10)13/h7-8H,2-6H2,1H3. The second-order valence-electron chi connectivity index (χ2n) is 5.17. The van der Waals surface area contributed by atoms with E-state index in [-0.39, 0.29) is 0 Å². The first-order chi connectivity index (χ1) is 10.3. The maximum Gasteiger partial charge on any atom is 0.253 e. The van der Waals surface area contributed by atoms with Gasteiger partial charge < -0.3 is 4.57 Å². The van der Waals surface area contributed by atoms with Gasteiger partial charge in [-0.2, -0.15) is 14.6 Å². The quantitative estimate of drug-likeness (QED) is 0.673. The molecule has 7 nitrogen and oxygen atoms in total. The average Bonchev–Trinajstić information content (AvgIpc) is 3.00. The molecule has 0 atom stereocenters. The molecule has 3 aromatic heterocycles. The zero-order valence-corrected chi connectivity index (χ0v) is 12.5. The van der Waals surface area contributed by atoms with Crippen molar-refractivity contribution in [3.05, 3.63) is 23.9 Å². The fraction of sp³-hybridized carbons (Fsp3) is 0.462. The van der Waals surface area contributed by atoms with Crippen molar-refractivity contribution in [3.8, 4) is 0 Å². The van der Waals surface area contributed by atoms with E-state index in [0.29, 0.717) is 5.78 Å². The minimum atomic E-state index is 0.619. The van der Waals surface area contributed by atoms with Crippen LogP contribution in [0.3, 0.4) is 0 Å². The third-order valence-electron chi connectivity index (χ3n) is 3.62. The van der Waals surface area contributed by atoms with Gasteiger partial charge in [0.25, 0.3) is 5.78 Å². The van der Waals surface area contributed by atoms with Crippen molar-refractivity contribution in [3.63, 3.8) is 0 Å². The highest BCUT2D eigenvalue weighted by Crippen LogP contribution is 2.28. The van der Waals surface area contributed by atoms with Gasteiger partial charge in [-0.25, -0.2) is 4.98 Å². The second-order valence-corrected chi connectivity index (χ2v) is 6.16. The molecule has 108 valence electrons. The first kappa shape index (κ1) is 12.8. The minimum Gasteiger partial charge on any atom is -0.306 e. The van der Waals surface area contributed by atoms with E-state index < -0.39 is 0 Å². The third kappa shape index (κ3) is 2.29. The summed E-state index contributed by atoms with van der Waals surface area (Å²) in [5.74, 6) is 1.71. The number of hydrogen-bond donors (Lipinski definition) is 0. The molecule has 0 spiro atoms. The molecular formula is C13H15N7S. The van der Waals surface area contributed by atoms with E-state index in [4.69, 9.17) is 0 Å². The Labute approximate surface area is 125 Å². The van der Waals surface area contributed by atoms with E-state index in [2.05, 4.69) is 29.8 Å². The van der Waals surface area contributed by atoms with Crippen molar-refractivity contribution in [2.75, 3.05) is 0 Å². The van der Waals surface area contributed by atoms with Gasteiger partial charge >= 0.3 is 0 Å². The molecule has 0 N–H and O–H groups in total. The molecule has 0 aromatic carbocycles. The summed E-state index contributed by atoms with van der Waals surface area (Å²) in [4.78, 5) is 8.52. The van der Waals surface area contributed by atoms with Crippen LogP contribution in [-0.4, -0.2) is 34.3 Å². The van der Waals surface area contributed by atoms with Crippen LogP contribution in [0.25, 0.3) is 5.78 Å². The Morgan fingerprint density at radius 3 is 3.10 bits per heavy atom. The van der Waals surface area contributed by atoms with Crippen molar-refractivity contribution in [2.24, 2.45) is 0 Å². The molecule has 4 rings (SSSR count). The zero-order valence-electron chi connectivity index (χ0n) is 11.7. The maximum atomic E-state index is 4.36. The fourth-order valence-corrected chi connectivity index (χ4v) is 3.62. The lowest BCUT2D eigenvalue weighted by atomic mass is 10.2. The van der Waals surface area contributed by atoms with Gasteiger partial charge in [0, 0.05) is 18.7 Å². The van der Waals surface area contributed by atoms with Crippen LogP contribution < -0.4 is 0 Å². The molecule has 4 heterocycles. The predicted molar refractivity (Wildman–Crippen MR) is 77.2 cm³/mol. The molecule has 0 unspecified atom stereocenters. The van der Waals surface area contributed by atoms with Gasteiger partial charge in [0.2, 0.25) is 0 Å². The number of aromatic nitrogens is 7. The molecule has 21 heavy (non-hydrogen) atoms. The zero-order chi connectivity index (χ0) is 14.2. The molecule has 0 fully saturated rings. The molecule has 0 amide bonds. The van der Waals surface area contributed by atoms with Crippen LogP contribution in [0, 0.1) is 6.92 Å². The van der Waals surface area contributed by atoms with Gasteiger partial charge in [-0.3, -0.25) is 0 Å². The number of hydrogen-bond acceptors (Lipinski definition) is 6. The lowest BCUT2D eigenvalue weighted by Gasteiger charge is -2.07. The van der Waals surface area contributed by atoms with Crippen molar-refractivity contribution in [2.45, 2.75) is 49.3 Å².